The topological polar surface area (TPSA) is 46.2 Å². The maximum absolute atomic E-state index is 12.2. The van der Waals surface area contributed by atoms with Gasteiger partial charge in [-0.1, -0.05) is 13.0 Å². The van der Waals surface area contributed by atoms with Gasteiger partial charge in [0.1, 0.15) is 4.21 Å². The zero-order valence-corrected chi connectivity index (χ0v) is 11.0. The molecule has 1 aliphatic carbocycles. The molecule has 3 nitrogen and oxygen atoms in total. The molecular formula is C11H17NO2S2. The van der Waals surface area contributed by atoms with E-state index in [1.54, 1.807) is 12.1 Å². The van der Waals surface area contributed by atoms with E-state index in [9.17, 15) is 8.42 Å². The first-order chi connectivity index (χ1) is 7.64. The normalized spacial score (nSPS) is 26.1. The fourth-order valence-corrected chi connectivity index (χ4v) is 5.37. The van der Waals surface area contributed by atoms with Crippen molar-refractivity contribution in [1.82, 2.24) is 5.32 Å². The third kappa shape index (κ3) is 2.31. The molecule has 2 unspecified atom stereocenters. The van der Waals surface area contributed by atoms with Gasteiger partial charge in [0.15, 0.2) is 9.84 Å². The van der Waals surface area contributed by atoms with Gasteiger partial charge in [-0.15, -0.1) is 11.3 Å². The number of rotatable bonds is 4. The summed E-state index contributed by atoms with van der Waals surface area (Å²) in [6.07, 6.45) is 2.52. The van der Waals surface area contributed by atoms with Crippen LogP contribution in [0.15, 0.2) is 21.7 Å². The summed E-state index contributed by atoms with van der Waals surface area (Å²) in [5, 5.41) is 4.97. The lowest BCUT2D eigenvalue weighted by Crippen LogP contribution is -2.28. The Labute approximate surface area is 101 Å². The standard InChI is InChI=1S/C11H17NO2S2/c1-2-12-9-5-6-10(8-9)16(13,14)11-4-3-7-15-11/h3-4,7,9-10,12H,2,5-6,8H2,1H3. The zero-order chi connectivity index (χ0) is 11.6. The highest BCUT2D eigenvalue weighted by Crippen LogP contribution is 2.31. The fourth-order valence-electron chi connectivity index (χ4n) is 2.29. The fraction of sp³-hybridized carbons (Fsp3) is 0.636. The van der Waals surface area contributed by atoms with Crippen LogP contribution in [0, 0.1) is 0 Å². The van der Waals surface area contributed by atoms with Crippen LogP contribution in [0.1, 0.15) is 26.2 Å². The molecule has 16 heavy (non-hydrogen) atoms. The molecule has 0 saturated heterocycles. The molecule has 1 saturated carbocycles. The van der Waals surface area contributed by atoms with Gasteiger partial charge in [0.25, 0.3) is 0 Å². The molecule has 0 aromatic carbocycles. The van der Waals surface area contributed by atoms with E-state index in [0.29, 0.717) is 10.3 Å². The van der Waals surface area contributed by atoms with Gasteiger partial charge in [-0.25, -0.2) is 8.42 Å². The zero-order valence-electron chi connectivity index (χ0n) is 9.35. The number of sulfone groups is 1. The van der Waals surface area contributed by atoms with Crippen LogP contribution in [0.2, 0.25) is 0 Å². The maximum Gasteiger partial charge on any atom is 0.190 e. The first-order valence-electron chi connectivity index (χ1n) is 5.65. The molecule has 0 radical (unpaired) electrons. The van der Waals surface area contributed by atoms with Crippen molar-refractivity contribution in [2.45, 2.75) is 41.7 Å². The van der Waals surface area contributed by atoms with Crippen molar-refractivity contribution in [2.75, 3.05) is 6.54 Å². The Balaban J connectivity index is 2.10. The number of thiophene rings is 1. The third-order valence-electron chi connectivity index (χ3n) is 3.09. The Morgan fingerprint density at radius 3 is 2.94 bits per heavy atom. The molecule has 1 heterocycles. The molecule has 0 bridgehead atoms. The van der Waals surface area contributed by atoms with Gasteiger partial charge in [0.05, 0.1) is 5.25 Å². The maximum atomic E-state index is 12.2. The van der Waals surface area contributed by atoms with E-state index in [2.05, 4.69) is 12.2 Å². The van der Waals surface area contributed by atoms with E-state index in [1.165, 1.54) is 11.3 Å². The van der Waals surface area contributed by atoms with Crippen LogP contribution in [-0.2, 0) is 9.84 Å². The van der Waals surface area contributed by atoms with Crippen LogP contribution in [0.4, 0.5) is 0 Å². The average molecular weight is 259 g/mol. The molecule has 2 rings (SSSR count). The lowest BCUT2D eigenvalue weighted by atomic mass is 10.2. The minimum atomic E-state index is -3.07. The molecule has 1 N–H and O–H groups in total. The monoisotopic (exact) mass is 259 g/mol. The van der Waals surface area contributed by atoms with Crippen LogP contribution in [0.5, 0.6) is 0 Å². The second-order valence-corrected chi connectivity index (χ2v) is 7.57. The first-order valence-corrected chi connectivity index (χ1v) is 8.08. The summed E-state index contributed by atoms with van der Waals surface area (Å²) in [5.41, 5.74) is 0. The van der Waals surface area contributed by atoms with E-state index < -0.39 is 9.84 Å². The predicted octanol–water partition coefficient (Wildman–Crippen LogP) is 2.05. The van der Waals surface area contributed by atoms with E-state index >= 15 is 0 Å². The van der Waals surface area contributed by atoms with Gasteiger partial charge in [0, 0.05) is 6.04 Å². The Bertz CT molecular complexity index is 425. The Hall–Kier alpha value is -0.390. The molecule has 0 spiro atoms. The van der Waals surface area contributed by atoms with Crippen molar-refractivity contribution in [1.29, 1.82) is 0 Å². The highest BCUT2D eigenvalue weighted by molar-refractivity contribution is 7.94. The third-order valence-corrected chi connectivity index (χ3v) is 6.74. The summed E-state index contributed by atoms with van der Waals surface area (Å²) >= 11 is 1.32. The van der Waals surface area contributed by atoms with Crippen molar-refractivity contribution in [3.05, 3.63) is 17.5 Å². The van der Waals surface area contributed by atoms with Crippen molar-refractivity contribution in [2.24, 2.45) is 0 Å². The van der Waals surface area contributed by atoms with Gasteiger partial charge in [-0.2, -0.15) is 0 Å². The number of hydrogen-bond acceptors (Lipinski definition) is 4. The predicted molar refractivity (Wildman–Crippen MR) is 66.6 cm³/mol. The largest absolute Gasteiger partial charge is 0.314 e. The Morgan fingerprint density at radius 2 is 2.31 bits per heavy atom. The van der Waals surface area contributed by atoms with Crippen LogP contribution in [0.3, 0.4) is 0 Å². The molecule has 2 atom stereocenters. The molecule has 5 heteroatoms. The molecule has 1 fully saturated rings. The van der Waals surface area contributed by atoms with Crippen molar-refractivity contribution in [3.8, 4) is 0 Å². The summed E-state index contributed by atoms with van der Waals surface area (Å²) in [6, 6.07) is 3.89. The highest BCUT2D eigenvalue weighted by atomic mass is 32.2. The lowest BCUT2D eigenvalue weighted by molar-refractivity contribution is 0.537. The molecule has 1 aromatic heterocycles. The van der Waals surface area contributed by atoms with Crippen LogP contribution >= 0.6 is 11.3 Å². The van der Waals surface area contributed by atoms with E-state index in [1.807, 2.05) is 5.38 Å². The summed E-state index contributed by atoms with van der Waals surface area (Å²) in [6.45, 7) is 2.97. The minimum absolute atomic E-state index is 0.185. The SMILES string of the molecule is CCNC1CCC(S(=O)(=O)c2cccs2)C1. The summed E-state index contributed by atoms with van der Waals surface area (Å²) in [5.74, 6) is 0. The van der Waals surface area contributed by atoms with Gasteiger partial charge < -0.3 is 5.32 Å². The lowest BCUT2D eigenvalue weighted by Gasteiger charge is -2.11. The van der Waals surface area contributed by atoms with Gasteiger partial charge in [-0.3, -0.25) is 0 Å². The van der Waals surface area contributed by atoms with Gasteiger partial charge >= 0.3 is 0 Å². The van der Waals surface area contributed by atoms with E-state index in [-0.39, 0.29) is 5.25 Å². The van der Waals surface area contributed by atoms with Crippen LogP contribution < -0.4 is 5.32 Å². The molecule has 90 valence electrons. The van der Waals surface area contributed by atoms with Crippen molar-refractivity contribution < 1.29 is 8.42 Å². The molecule has 0 aliphatic heterocycles. The minimum Gasteiger partial charge on any atom is -0.314 e. The molecular weight excluding hydrogens is 242 g/mol. The molecule has 1 aliphatic rings. The Kier molecular flexibility index (Phi) is 3.66. The van der Waals surface area contributed by atoms with E-state index in [0.717, 1.165) is 25.8 Å². The first kappa shape index (κ1) is 12.1. The summed E-state index contributed by atoms with van der Waals surface area (Å²) < 4.78 is 25.0. The Morgan fingerprint density at radius 1 is 1.50 bits per heavy atom. The summed E-state index contributed by atoms with van der Waals surface area (Å²) in [7, 11) is -3.07. The van der Waals surface area contributed by atoms with Crippen LogP contribution in [0.25, 0.3) is 0 Å². The molecule has 0 amide bonds. The average Bonchev–Trinajstić information content (AvgIpc) is 2.88. The van der Waals surface area contributed by atoms with Gasteiger partial charge in [0.2, 0.25) is 0 Å². The summed E-state index contributed by atoms with van der Waals surface area (Å²) in [4.78, 5) is 0. The quantitative estimate of drug-likeness (QED) is 0.900. The van der Waals surface area contributed by atoms with Crippen molar-refractivity contribution >= 4 is 21.2 Å². The second-order valence-electron chi connectivity index (χ2n) is 4.17. The second kappa shape index (κ2) is 4.85. The molecule has 1 aromatic rings. The number of hydrogen-bond donors (Lipinski definition) is 1. The van der Waals surface area contributed by atoms with Crippen molar-refractivity contribution in [3.63, 3.8) is 0 Å². The smallest absolute Gasteiger partial charge is 0.190 e. The number of nitrogens with one attached hydrogen (secondary N) is 1. The van der Waals surface area contributed by atoms with Gasteiger partial charge in [-0.05, 0) is 37.3 Å². The highest BCUT2D eigenvalue weighted by Gasteiger charge is 2.35. The van der Waals surface area contributed by atoms with Crippen LogP contribution in [-0.4, -0.2) is 26.3 Å². The van der Waals surface area contributed by atoms with E-state index in [4.69, 9.17) is 0 Å².